The van der Waals surface area contributed by atoms with Crippen LogP contribution in [0.25, 0.3) is 0 Å². The van der Waals surface area contributed by atoms with E-state index in [9.17, 15) is 0 Å². The van der Waals surface area contributed by atoms with Crippen LogP contribution in [0.2, 0.25) is 0 Å². The average molecular weight is 208 g/mol. The van der Waals surface area contributed by atoms with E-state index in [2.05, 4.69) is 19.2 Å². The van der Waals surface area contributed by atoms with Gasteiger partial charge in [-0.2, -0.15) is 0 Å². The van der Waals surface area contributed by atoms with Gasteiger partial charge in [-0.15, -0.1) is 11.6 Å². The molecule has 0 bridgehead atoms. The molecule has 0 amide bonds. The Balaban J connectivity index is 3.05. The van der Waals surface area contributed by atoms with E-state index in [1.54, 1.807) is 0 Å². The van der Waals surface area contributed by atoms with E-state index in [-0.39, 0.29) is 0 Å². The molecule has 0 aromatic carbocycles. The van der Waals surface area contributed by atoms with Crippen molar-refractivity contribution in [3.8, 4) is 0 Å². The zero-order chi connectivity index (χ0) is 9.94. The highest BCUT2D eigenvalue weighted by Gasteiger charge is 2.01. The predicted molar refractivity (Wildman–Crippen MR) is 58.5 cm³/mol. The van der Waals surface area contributed by atoms with Gasteiger partial charge in [-0.25, -0.2) is 0 Å². The van der Waals surface area contributed by atoms with Crippen LogP contribution >= 0.6 is 11.6 Å². The van der Waals surface area contributed by atoms with E-state index in [1.165, 1.54) is 12.8 Å². The van der Waals surface area contributed by atoms with Gasteiger partial charge in [0.15, 0.2) is 0 Å². The number of alkyl halides is 1. The van der Waals surface area contributed by atoms with Crippen molar-refractivity contribution in [2.75, 3.05) is 32.2 Å². The molecule has 0 heterocycles. The zero-order valence-corrected chi connectivity index (χ0v) is 9.57. The van der Waals surface area contributed by atoms with E-state index in [1.807, 2.05) is 0 Å². The van der Waals surface area contributed by atoms with Crippen molar-refractivity contribution in [2.24, 2.45) is 5.92 Å². The smallest absolute Gasteiger partial charge is 0.0602 e. The molecular weight excluding hydrogens is 186 g/mol. The van der Waals surface area contributed by atoms with Crippen LogP contribution in [0.5, 0.6) is 0 Å². The highest BCUT2D eigenvalue weighted by Crippen LogP contribution is 2.04. The van der Waals surface area contributed by atoms with Gasteiger partial charge in [-0.05, 0) is 12.5 Å². The fourth-order valence-electron chi connectivity index (χ4n) is 1.18. The van der Waals surface area contributed by atoms with E-state index in [0.717, 1.165) is 25.6 Å². The lowest BCUT2D eigenvalue weighted by Gasteiger charge is -2.12. The van der Waals surface area contributed by atoms with Crippen molar-refractivity contribution in [2.45, 2.75) is 26.7 Å². The number of nitrogens with one attached hydrogen (secondary N) is 1. The fraction of sp³-hybridized carbons (Fsp3) is 1.00. The first-order valence-corrected chi connectivity index (χ1v) is 5.73. The first-order chi connectivity index (χ1) is 6.35. The second kappa shape index (κ2) is 10.3. The molecule has 0 atom stereocenters. The first-order valence-electron chi connectivity index (χ1n) is 5.19. The van der Waals surface area contributed by atoms with Crippen LogP contribution in [-0.2, 0) is 4.74 Å². The van der Waals surface area contributed by atoms with Crippen molar-refractivity contribution >= 4 is 11.6 Å². The summed E-state index contributed by atoms with van der Waals surface area (Å²) in [6.07, 6.45) is 2.51. The summed E-state index contributed by atoms with van der Waals surface area (Å²) in [7, 11) is 0. The third-order valence-corrected chi connectivity index (χ3v) is 2.39. The van der Waals surface area contributed by atoms with Crippen LogP contribution in [0.1, 0.15) is 26.7 Å². The maximum Gasteiger partial charge on any atom is 0.0602 e. The lowest BCUT2D eigenvalue weighted by atomic mass is 10.0. The Morgan fingerprint density at radius 1 is 1.23 bits per heavy atom. The Hall–Kier alpha value is 0.210. The summed E-state index contributed by atoms with van der Waals surface area (Å²) in [6, 6.07) is 0. The van der Waals surface area contributed by atoms with Crippen molar-refractivity contribution in [1.82, 2.24) is 5.32 Å². The van der Waals surface area contributed by atoms with Crippen molar-refractivity contribution in [3.63, 3.8) is 0 Å². The molecule has 80 valence electrons. The van der Waals surface area contributed by atoms with Crippen molar-refractivity contribution < 1.29 is 4.74 Å². The highest BCUT2D eigenvalue weighted by molar-refractivity contribution is 6.17. The summed E-state index contributed by atoms with van der Waals surface area (Å²) < 4.78 is 5.24. The lowest BCUT2D eigenvalue weighted by molar-refractivity contribution is 0.150. The van der Waals surface area contributed by atoms with Crippen LogP contribution in [0.15, 0.2) is 0 Å². The quantitative estimate of drug-likeness (QED) is 0.463. The maximum atomic E-state index is 5.46. The summed E-state index contributed by atoms with van der Waals surface area (Å²) in [5.41, 5.74) is 0. The summed E-state index contributed by atoms with van der Waals surface area (Å²) in [5, 5.41) is 3.38. The third kappa shape index (κ3) is 8.54. The molecule has 0 aliphatic heterocycles. The summed E-state index contributed by atoms with van der Waals surface area (Å²) >= 11 is 5.46. The van der Waals surface area contributed by atoms with Crippen molar-refractivity contribution in [3.05, 3.63) is 0 Å². The van der Waals surface area contributed by atoms with Crippen LogP contribution < -0.4 is 5.32 Å². The third-order valence-electron chi connectivity index (χ3n) is 2.23. The molecule has 0 fully saturated rings. The number of rotatable bonds is 9. The number of hydrogen-bond acceptors (Lipinski definition) is 2. The Kier molecular flexibility index (Phi) is 10.5. The molecule has 0 aromatic rings. The summed E-state index contributed by atoms with van der Waals surface area (Å²) in [5.74, 6) is 1.40. The van der Waals surface area contributed by atoms with Crippen LogP contribution in [0.3, 0.4) is 0 Å². The predicted octanol–water partition coefficient (Wildman–Crippen LogP) is 2.27. The van der Waals surface area contributed by atoms with Gasteiger partial charge in [0.1, 0.15) is 0 Å². The maximum absolute atomic E-state index is 5.46. The molecule has 0 aromatic heterocycles. The largest absolute Gasteiger partial charge is 0.379 e. The standard InChI is InChI=1S/C10H22ClNO/c1-3-10(4-2)9-12-6-8-13-7-5-11/h10,12H,3-9H2,1-2H3. The molecule has 0 saturated heterocycles. The van der Waals surface area contributed by atoms with Gasteiger partial charge in [0, 0.05) is 12.4 Å². The second-order valence-corrected chi connectivity index (χ2v) is 3.57. The summed E-state index contributed by atoms with van der Waals surface area (Å²) in [6.45, 7) is 7.95. The molecule has 0 saturated carbocycles. The van der Waals surface area contributed by atoms with E-state index in [4.69, 9.17) is 16.3 Å². The van der Waals surface area contributed by atoms with Gasteiger partial charge in [0.2, 0.25) is 0 Å². The van der Waals surface area contributed by atoms with Gasteiger partial charge in [-0.1, -0.05) is 26.7 Å². The lowest BCUT2D eigenvalue weighted by Crippen LogP contribution is -2.26. The monoisotopic (exact) mass is 207 g/mol. The minimum Gasteiger partial charge on any atom is -0.379 e. The second-order valence-electron chi connectivity index (χ2n) is 3.19. The fourth-order valence-corrected chi connectivity index (χ4v) is 1.29. The topological polar surface area (TPSA) is 21.3 Å². The average Bonchev–Trinajstić information content (AvgIpc) is 2.17. The van der Waals surface area contributed by atoms with Crippen LogP contribution in [-0.4, -0.2) is 32.2 Å². The molecule has 1 N–H and O–H groups in total. The molecule has 2 nitrogen and oxygen atoms in total. The summed E-state index contributed by atoms with van der Waals surface area (Å²) in [4.78, 5) is 0. The Morgan fingerprint density at radius 3 is 2.46 bits per heavy atom. The van der Waals surface area contributed by atoms with Gasteiger partial charge >= 0.3 is 0 Å². The Bertz CT molecular complexity index is 96.9. The Labute approximate surface area is 87.0 Å². The first kappa shape index (κ1) is 13.2. The van der Waals surface area contributed by atoms with E-state index >= 15 is 0 Å². The number of ether oxygens (including phenoxy) is 1. The highest BCUT2D eigenvalue weighted by atomic mass is 35.5. The van der Waals surface area contributed by atoms with E-state index < -0.39 is 0 Å². The molecule has 0 unspecified atom stereocenters. The molecule has 3 heteroatoms. The zero-order valence-electron chi connectivity index (χ0n) is 8.81. The van der Waals surface area contributed by atoms with Crippen LogP contribution in [0, 0.1) is 5.92 Å². The molecule has 0 spiro atoms. The van der Waals surface area contributed by atoms with Crippen LogP contribution in [0.4, 0.5) is 0 Å². The molecule has 13 heavy (non-hydrogen) atoms. The van der Waals surface area contributed by atoms with Crippen molar-refractivity contribution in [1.29, 1.82) is 0 Å². The molecule has 0 rings (SSSR count). The van der Waals surface area contributed by atoms with Gasteiger partial charge in [0.25, 0.3) is 0 Å². The minimum atomic E-state index is 0.590. The molecule has 0 aliphatic carbocycles. The normalized spacial score (nSPS) is 11.1. The van der Waals surface area contributed by atoms with Gasteiger partial charge < -0.3 is 10.1 Å². The minimum absolute atomic E-state index is 0.590. The number of hydrogen-bond donors (Lipinski definition) is 1. The molecule has 0 radical (unpaired) electrons. The SMILES string of the molecule is CCC(CC)CNCCOCCCl. The van der Waals surface area contributed by atoms with E-state index in [0.29, 0.717) is 12.5 Å². The molecular formula is C10H22ClNO. The Morgan fingerprint density at radius 2 is 1.92 bits per heavy atom. The number of halogens is 1. The molecule has 0 aliphatic rings. The van der Waals surface area contributed by atoms with Gasteiger partial charge in [-0.3, -0.25) is 0 Å². The van der Waals surface area contributed by atoms with Gasteiger partial charge in [0.05, 0.1) is 13.2 Å².